The lowest BCUT2D eigenvalue weighted by Gasteiger charge is -2.39. The number of hydrogen-bond donors (Lipinski definition) is 1. The van der Waals surface area contributed by atoms with Crippen LogP contribution >= 0.6 is 22.9 Å². The van der Waals surface area contributed by atoms with Gasteiger partial charge in [-0.1, -0.05) is 60.7 Å². The summed E-state index contributed by atoms with van der Waals surface area (Å²) in [7, 11) is -3.92. The second kappa shape index (κ2) is 10.7. The van der Waals surface area contributed by atoms with E-state index in [4.69, 9.17) is 11.6 Å². The van der Waals surface area contributed by atoms with Gasteiger partial charge in [-0.25, -0.2) is 8.42 Å². The fourth-order valence-corrected chi connectivity index (χ4v) is 6.76. The number of benzene rings is 2. The minimum atomic E-state index is -3.92. The molecule has 1 aliphatic heterocycles. The molecule has 1 saturated heterocycles. The number of carbonyl (C=O) groups excluding carboxylic acids is 2. The summed E-state index contributed by atoms with van der Waals surface area (Å²) in [5, 5.41) is 6.25. The molecule has 0 radical (unpaired) electrons. The fraction of sp³-hybridized carbons (Fsp3) is 0.250. The second-order valence-electron chi connectivity index (χ2n) is 7.83. The van der Waals surface area contributed by atoms with Crippen LogP contribution in [0.25, 0.3) is 0 Å². The normalized spacial score (nSPS) is 17.0. The zero-order valence-electron chi connectivity index (χ0n) is 18.2. The molecule has 2 aromatic carbocycles. The number of rotatable bonds is 7. The van der Waals surface area contributed by atoms with E-state index in [-0.39, 0.29) is 36.3 Å². The molecule has 4 rings (SSSR count). The van der Waals surface area contributed by atoms with Crippen LogP contribution in [-0.4, -0.2) is 61.0 Å². The Labute approximate surface area is 208 Å². The van der Waals surface area contributed by atoms with Gasteiger partial charge in [0.15, 0.2) is 0 Å². The first-order valence-corrected chi connectivity index (χ1v) is 13.6. The molecule has 1 fully saturated rings. The lowest BCUT2D eigenvalue weighted by molar-refractivity contribution is -0.134. The molecule has 34 heavy (non-hydrogen) atoms. The largest absolute Gasteiger partial charge is 0.344 e. The van der Waals surface area contributed by atoms with E-state index in [0.717, 1.165) is 11.1 Å². The van der Waals surface area contributed by atoms with E-state index in [1.807, 2.05) is 60.7 Å². The Morgan fingerprint density at radius 2 is 1.62 bits per heavy atom. The van der Waals surface area contributed by atoms with Crippen molar-refractivity contribution < 1.29 is 18.0 Å². The standard InChI is InChI=1S/C24H24ClN3O4S2/c25-15-22(29)27-12-13-28(34(31,32)20-11-14-33-17-20)21(16-27)24(30)26-23(18-7-3-1-4-8-18)19-9-5-2-6-10-19/h1-11,14,17,21,23H,12-13,15-16H2,(H,26,30)/t21-/m1/s1. The summed E-state index contributed by atoms with van der Waals surface area (Å²) in [6, 6.07) is 18.9. The predicted octanol–water partition coefficient (Wildman–Crippen LogP) is 3.09. The molecule has 2 heterocycles. The Morgan fingerprint density at radius 1 is 1.00 bits per heavy atom. The van der Waals surface area contributed by atoms with Gasteiger partial charge in [-0.15, -0.1) is 11.6 Å². The van der Waals surface area contributed by atoms with E-state index in [1.54, 1.807) is 5.38 Å². The molecule has 1 atom stereocenters. The Kier molecular flexibility index (Phi) is 7.67. The molecule has 1 N–H and O–H groups in total. The Hall–Kier alpha value is -2.72. The van der Waals surface area contributed by atoms with Crippen molar-refractivity contribution in [1.82, 2.24) is 14.5 Å². The van der Waals surface area contributed by atoms with E-state index in [9.17, 15) is 18.0 Å². The van der Waals surface area contributed by atoms with Crippen molar-refractivity contribution in [3.8, 4) is 0 Å². The van der Waals surface area contributed by atoms with Gasteiger partial charge in [-0.05, 0) is 22.6 Å². The molecule has 1 aliphatic rings. The molecule has 1 aromatic heterocycles. The van der Waals surface area contributed by atoms with Gasteiger partial charge in [0.2, 0.25) is 21.8 Å². The summed E-state index contributed by atoms with van der Waals surface area (Å²) >= 11 is 7.01. The molecular weight excluding hydrogens is 494 g/mol. The smallest absolute Gasteiger partial charge is 0.244 e. The van der Waals surface area contributed by atoms with Crippen molar-refractivity contribution in [3.63, 3.8) is 0 Å². The highest BCUT2D eigenvalue weighted by molar-refractivity contribution is 7.89. The van der Waals surface area contributed by atoms with Crippen LogP contribution in [0.2, 0.25) is 0 Å². The van der Waals surface area contributed by atoms with Crippen molar-refractivity contribution in [1.29, 1.82) is 0 Å². The summed E-state index contributed by atoms with van der Waals surface area (Å²) in [5.74, 6) is -1.05. The number of thiophene rings is 1. The van der Waals surface area contributed by atoms with Gasteiger partial charge in [0, 0.05) is 25.0 Å². The minimum absolute atomic E-state index is 0.000234. The van der Waals surface area contributed by atoms with E-state index >= 15 is 0 Å². The van der Waals surface area contributed by atoms with Crippen molar-refractivity contribution in [2.24, 2.45) is 0 Å². The molecule has 10 heteroatoms. The van der Waals surface area contributed by atoms with Crippen LogP contribution in [0.3, 0.4) is 0 Å². The van der Waals surface area contributed by atoms with Crippen LogP contribution in [0.5, 0.6) is 0 Å². The van der Waals surface area contributed by atoms with Crippen LogP contribution in [0.4, 0.5) is 0 Å². The van der Waals surface area contributed by atoms with Gasteiger partial charge < -0.3 is 10.2 Å². The molecule has 2 amide bonds. The van der Waals surface area contributed by atoms with Crippen molar-refractivity contribution in [2.75, 3.05) is 25.5 Å². The molecule has 0 saturated carbocycles. The topological polar surface area (TPSA) is 86.8 Å². The first-order chi connectivity index (χ1) is 16.4. The first-order valence-electron chi connectivity index (χ1n) is 10.7. The van der Waals surface area contributed by atoms with E-state index in [0.29, 0.717) is 0 Å². The highest BCUT2D eigenvalue weighted by atomic mass is 35.5. The molecule has 0 bridgehead atoms. The third-order valence-electron chi connectivity index (χ3n) is 5.75. The highest BCUT2D eigenvalue weighted by Crippen LogP contribution is 2.26. The number of alkyl halides is 1. The SMILES string of the molecule is O=C(NC(c1ccccc1)c1ccccc1)[C@H]1CN(C(=O)CCl)CCN1S(=O)(=O)c1ccsc1. The Bertz CT molecular complexity index is 1180. The minimum Gasteiger partial charge on any atom is -0.344 e. The van der Waals surface area contributed by atoms with Gasteiger partial charge in [0.1, 0.15) is 11.9 Å². The molecule has 178 valence electrons. The maximum absolute atomic E-state index is 13.7. The quantitative estimate of drug-likeness (QED) is 0.488. The summed E-state index contributed by atoms with van der Waals surface area (Å²) in [4.78, 5) is 27.5. The van der Waals surface area contributed by atoms with Crippen molar-refractivity contribution in [3.05, 3.63) is 88.6 Å². The lowest BCUT2D eigenvalue weighted by atomic mass is 9.98. The van der Waals surface area contributed by atoms with Crippen molar-refractivity contribution >= 4 is 44.8 Å². The molecule has 0 aliphatic carbocycles. The predicted molar refractivity (Wildman–Crippen MR) is 132 cm³/mol. The van der Waals surface area contributed by atoms with Crippen LogP contribution in [0.1, 0.15) is 17.2 Å². The summed E-state index contributed by atoms with van der Waals surface area (Å²) in [6.45, 7) is 0.0940. The number of nitrogens with zero attached hydrogens (tertiary/aromatic N) is 2. The fourth-order valence-electron chi connectivity index (χ4n) is 4.00. The van der Waals surface area contributed by atoms with E-state index in [2.05, 4.69) is 5.32 Å². The maximum Gasteiger partial charge on any atom is 0.244 e. The van der Waals surface area contributed by atoms with Crippen LogP contribution in [0, 0.1) is 0 Å². The number of nitrogens with one attached hydrogen (secondary N) is 1. The van der Waals surface area contributed by atoms with E-state index < -0.39 is 28.0 Å². The van der Waals surface area contributed by atoms with Crippen LogP contribution in [-0.2, 0) is 19.6 Å². The summed E-state index contributed by atoms with van der Waals surface area (Å²) in [5.41, 5.74) is 1.72. The Morgan fingerprint density at radius 3 is 2.15 bits per heavy atom. The third kappa shape index (κ3) is 5.17. The number of piperazine rings is 1. The number of amides is 2. The highest BCUT2D eigenvalue weighted by Gasteiger charge is 2.42. The molecular formula is C24H24ClN3O4S2. The van der Waals surface area contributed by atoms with Gasteiger partial charge in [0.25, 0.3) is 0 Å². The molecule has 0 unspecified atom stereocenters. The number of halogens is 1. The van der Waals surface area contributed by atoms with Gasteiger partial charge in [-0.3, -0.25) is 9.59 Å². The maximum atomic E-state index is 13.7. The molecule has 7 nitrogen and oxygen atoms in total. The van der Waals surface area contributed by atoms with Crippen LogP contribution in [0.15, 0.2) is 82.4 Å². The number of carbonyl (C=O) groups is 2. The first kappa shape index (κ1) is 24.4. The van der Waals surface area contributed by atoms with Crippen LogP contribution < -0.4 is 5.32 Å². The molecule has 3 aromatic rings. The zero-order valence-corrected chi connectivity index (χ0v) is 20.6. The van der Waals surface area contributed by atoms with Gasteiger partial charge in [-0.2, -0.15) is 15.6 Å². The summed E-state index contributed by atoms with van der Waals surface area (Å²) < 4.78 is 27.9. The summed E-state index contributed by atoms with van der Waals surface area (Å²) in [6.07, 6.45) is 0. The Balaban J connectivity index is 1.68. The zero-order chi connectivity index (χ0) is 24.1. The lowest BCUT2D eigenvalue weighted by Crippen LogP contribution is -2.61. The van der Waals surface area contributed by atoms with E-state index in [1.165, 1.54) is 32.0 Å². The van der Waals surface area contributed by atoms with Crippen molar-refractivity contribution in [2.45, 2.75) is 17.0 Å². The average Bonchev–Trinajstić information content (AvgIpc) is 3.43. The van der Waals surface area contributed by atoms with Gasteiger partial charge >= 0.3 is 0 Å². The third-order valence-corrected chi connectivity index (χ3v) is 8.72. The number of sulfonamides is 1. The van der Waals surface area contributed by atoms with Gasteiger partial charge in [0.05, 0.1) is 10.9 Å². The second-order valence-corrected chi connectivity index (χ2v) is 10.8. The number of hydrogen-bond acceptors (Lipinski definition) is 5. The average molecular weight is 518 g/mol. The monoisotopic (exact) mass is 517 g/mol. The molecule has 0 spiro atoms.